The zero-order valence-electron chi connectivity index (χ0n) is 12.8. The first-order valence-electron chi connectivity index (χ1n) is 6.73. The highest BCUT2D eigenvalue weighted by molar-refractivity contribution is 6.03. The summed E-state index contributed by atoms with van der Waals surface area (Å²) in [6.45, 7) is 2.87. The van der Waals surface area contributed by atoms with Gasteiger partial charge in [0.15, 0.2) is 0 Å². The standard InChI is InChI=1S/C15H13N3O6/c1-8-7-12(19)13(15(21)24-8)9(2)16-17-14(20)10-5-3-4-6-11(10)18(22)23/h3-7,19H,1-2H3,(H,17,20)/b16-9-. The summed E-state index contributed by atoms with van der Waals surface area (Å²) < 4.78 is 4.85. The van der Waals surface area contributed by atoms with Gasteiger partial charge in [-0.15, -0.1) is 0 Å². The molecule has 0 radical (unpaired) electrons. The number of hydrogen-bond acceptors (Lipinski definition) is 7. The molecule has 9 nitrogen and oxygen atoms in total. The molecule has 2 rings (SSSR count). The highest BCUT2D eigenvalue weighted by Gasteiger charge is 2.19. The minimum Gasteiger partial charge on any atom is -0.507 e. The van der Waals surface area contributed by atoms with Crippen molar-refractivity contribution in [3.8, 4) is 5.75 Å². The molecule has 24 heavy (non-hydrogen) atoms. The van der Waals surface area contributed by atoms with Crippen LogP contribution in [0, 0.1) is 17.0 Å². The van der Waals surface area contributed by atoms with Crippen molar-refractivity contribution < 1.29 is 19.2 Å². The quantitative estimate of drug-likeness (QED) is 0.497. The van der Waals surface area contributed by atoms with E-state index >= 15 is 0 Å². The molecule has 1 heterocycles. The first-order chi connectivity index (χ1) is 11.3. The summed E-state index contributed by atoms with van der Waals surface area (Å²) in [6.07, 6.45) is 0. The van der Waals surface area contributed by atoms with E-state index < -0.39 is 16.5 Å². The Morgan fingerprint density at radius 2 is 2.04 bits per heavy atom. The number of benzene rings is 1. The molecule has 0 bridgehead atoms. The maximum atomic E-state index is 12.0. The van der Waals surface area contributed by atoms with Gasteiger partial charge in [-0.1, -0.05) is 12.1 Å². The van der Waals surface area contributed by atoms with Gasteiger partial charge >= 0.3 is 5.63 Å². The van der Waals surface area contributed by atoms with E-state index in [1.165, 1.54) is 44.2 Å². The van der Waals surface area contributed by atoms with Gasteiger partial charge in [-0.3, -0.25) is 14.9 Å². The van der Waals surface area contributed by atoms with Gasteiger partial charge in [-0.25, -0.2) is 10.2 Å². The van der Waals surface area contributed by atoms with Crippen molar-refractivity contribution >= 4 is 17.3 Å². The number of aromatic hydroxyl groups is 1. The number of para-hydroxylation sites is 1. The number of hydrogen-bond donors (Lipinski definition) is 2. The molecule has 2 aromatic rings. The second kappa shape index (κ2) is 6.73. The predicted octanol–water partition coefficient (Wildman–Crippen LogP) is 1.72. The van der Waals surface area contributed by atoms with E-state index in [0.717, 1.165) is 0 Å². The van der Waals surface area contributed by atoms with Crippen LogP contribution in [-0.2, 0) is 0 Å². The number of nitro benzene ring substituents is 1. The molecule has 0 aliphatic carbocycles. The lowest BCUT2D eigenvalue weighted by molar-refractivity contribution is -0.385. The largest absolute Gasteiger partial charge is 0.507 e. The van der Waals surface area contributed by atoms with Gasteiger partial charge in [0.05, 0.1) is 10.6 Å². The van der Waals surface area contributed by atoms with Gasteiger partial charge in [0.2, 0.25) is 0 Å². The van der Waals surface area contributed by atoms with Crippen LogP contribution in [0.4, 0.5) is 5.69 Å². The number of nitrogens with zero attached hydrogens (tertiary/aromatic N) is 2. The summed E-state index contributed by atoms with van der Waals surface area (Å²) >= 11 is 0. The van der Waals surface area contributed by atoms with Crippen LogP contribution in [0.1, 0.15) is 28.6 Å². The molecule has 0 saturated heterocycles. The number of nitrogens with one attached hydrogen (secondary N) is 1. The number of carbonyl (C=O) groups is 1. The van der Waals surface area contributed by atoms with Gasteiger partial charge in [0.1, 0.15) is 22.6 Å². The highest BCUT2D eigenvalue weighted by atomic mass is 16.6. The molecule has 0 unspecified atom stereocenters. The van der Waals surface area contributed by atoms with Crippen molar-refractivity contribution in [2.45, 2.75) is 13.8 Å². The highest BCUT2D eigenvalue weighted by Crippen LogP contribution is 2.18. The Balaban J connectivity index is 2.30. The summed E-state index contributed by atoms with van der Waals surface area (Å²) in [4.78, 5) is 34.0. The van der Waals surface area contributed by atoms with Crippen LogP contribution >= 0.6 is 0 Å². The molecule has 0 aliphatic heterocycles. The lowest BCUT2D eigenvalue weighted by Gasteiger charge is -2.05. The maximum absolute atomic E-state index is 12.0. The Morgan fingerprint density at radius 3 is 2.67 bits per heavy atom. The van der Waals surface area contributed by atoms with E-state index in [-0.39, 0.29) is 34.0 Å². The minimum absolute atomic E-state index is 0.00631. The number of carbonyl (C=O) groups excluding carboxylic acids is 1. The normalized spacial score (nSPS) is 11.2. The van der Waals surface area contributed by atoms with E-state index in [2.05, 4.69) is 10.5 Å². The average molecular weight is 331 g/mol. The zero-order valence-corrected chi connectivity index (χ0v) is 12.8. The third-order valence-electron chi connectivity index (χ3n) is 3.09. The van der Waals surface area contributed by atoms with Gasteiger partial charge in [0, 0.05) is 12.1 Å². The lowest BCUT2D eigenvalue weighted by atomic mass is 10.1. The molecule has 0 fully saturated rings. The van der Waals surface area contributed by atoms with E-state index in [4.69, 9.17) is 4.42 Å². The van der Waals surface area contributed by atoms with Gasteiger partial charge < -0.3 is 9.52 Å². The number of aryl methyl sites for hydroxylation is 1. The second-order valence-electron chi connectivity index (χ2n) is 4.82. The molecular weight excluding hydrogens is 318 g/mol. The Labute approximate surface area is 135 Å². The smallest absolute Gasteiger partial charge is 0.348 e. The van der Waals surface area contributed by atoms with Crippen LogP contribution in [0.2, 0.25) is 0 Å². The predicted molar refractivity (Wildman–Crippen MR) is 84.2 cm³/mol. The van der Waals surface area contributed by atoms with Crippen LogP contribution in [0.15, 0.2) is 44.6 Å². The molecule has 2 N–H and O–H groups in total. The van der Waals surface area contributed by atoms with Crippen molar-refractivity contribution in [3.05, 3.63) is 67.8 Å². The van der Waals surface area contributed by atoms with Crippen LogP contribution in [0.5, 0.6) is 5.75 Å². The molecule has 1 aromatic heterocycles. The van der Waals surface area contributed by atoms with Crippen LogP contribution < -0.4 is 11.1 Å². The molecule has 9 heteroatoms. The Kier molecular flexibility index (Phi) is 4.73. The second-order valence-corrected chi connectivity index (χ2v) is 4.82. The minimum atomic E-state index is -0.822. The summed E-state index contributed by atoms with van der Waals surface area (Å²) in [5, 5.41) is 24.4. The molecule has 0 spiro atoms. The maximum Gasteiger partial charge on any atom is 0.348 e. The summed E-state index contributed by atoms with van der Waals surface area (Å²) in [6, 6.07) is 6.60. The lowest BCUT2D eigenvalue weighted by Crippen LogP contribution is -2.22. The van der Waals surface area contributed by atoms with Crippen molar-refractivity contribution in [3.63, 3.8) is 0 Å². The third kappa shape index (κ3) is 3.46. The number of hydrazone groups is 1. The third-order valence-corrected chi connectivity index (χ3v) is 3.09. The molecule has 1 amide bonds. The Bertz CT molecular complexity index is 900. The average Bonchev–Trinajstić information content (AvgIpc) is 2.51. The molecule has 0 aliphatic rings. The fraction of sp³-hybridized carbons (Fsp3) is 0.133. The first-order valence-corrected chi connectivity index (χ1v) is 6.73. The van der Waals surface area contributed by atoms with Crippen molar-refractivity contribution in [2.75, 3.05) is 0 Å². The molecule has 0 atom stereocenters. The van der Waals surface area contributed by atoms with Crippen molar-refractivity contribution in [1.29, 1.82) is 0 Å². The fourth-order valence-electron chi connectivity index (χ4n) is 2.00. The summed E-state index contributed by atoms with van der Waals surface area (Å²) in [5.41, 5.74) is 0.536. The fourth-order valence-corrected chi connectivity index (χ4v) is 2.00. The number of nitro groups is 1. The number of rotatable bonds is 4. The SMILES string of the molecule is C/C(=N/NC(=O)c1ccccc1[N+](=O)[O-])c1c(O)cc(C)oc1=O. The van der Waals surface area contributed by atoms with Crippen molar-refractivity contribution in [1.82, 2.24) is 5.43 Å². The first kappa shape index (κ1) is 16.9. The molecule has 1 aromatic carbocycles. The molecular formula is C15H13N3O6. The van der Waals surface area contributed by atoms with Crippen LogP contribution in [-0.4, -0.2) is 21.6 Å². The summed E-state index contributed by atoms with van der Waals surface area (Å²) in [7, 11) is 0. The Hall–Kier alpha value is -3.49. The molecule has 124 valence electrons. The van der Waals surface area contributed by atoms with Crippen molar-refractivity contribution in [2.24, 2.45) is 5.10 Å². The van der Waals surface area contributed by atoms with Gasteiger partial charge in [-0.05, 0) is 19.9 Å². The van der Waals surface area contributed by atoms with Gasteiger partial charge in [-0.2, -0.15) is 5.10 Å². The van der Waals surface area contributed by atoms with Crippen LogP contribution in [0.25, 0.3) is 0 Å². The Morgan fingerprint density at radius 1 is 1.38 bits per heavy atom. The van der Waals surface area contributed by atoms with E-state index in [1.807, 2.05) is 0 Å². The monoisotopic (exact) mass is 331 g/mol. The van der Waals surface area contributed by atoms with E-state index in [9.17, 15) is 24.8 Å². The van der Waals surface area contributed by atoms with E-state index in [0.29, 0.717) is 0 Å². The summed E-state index contributed by atoms with van der Waals surface area (Å²) in [5.74, 6) is -0.944. The van der Waals surface area contributed by atoms with Gasteiger partial charge in [0.25, 0.3) is 11.6 Å². The topological polar surface area (TPSA) is 135 Å². The zero-order chi connectivity index (χ0) is 17.9. The van der Waals surface area contributed by atoms with Crippen LogP contribution in [0.3, 0.4) is 0 Å². The molecule has 0 saturated carbocycles. The van der Waals surface area contributed by atoms with E-state index in [1.54, 1.807) is 0 Å². The number of amides is 1.